The molecule has 0 amide bonds. The first kappa shape index (κ1) is 14.0. The Labute approximate surface area is 102 Å². The molecular weight excluding hydrogens is 196 g/mol. The van der Waals surface area contributed by atoms with E-state index in [4.69, 9.17) is 0 Å². The predicted octanol–water partition coefficient (Wildman–Crippen LogP) is 3.03. The average Bonchev–Trinajstić information content (AvgIpc) is 2.54. The maximum absolute atomic E-state index is 3.68. The van der Waals surface area contributed by atoms with Gasteiger partial charge in [-0.25, -0.2) is 0 Å². The fourth-order valence-corrected chi connectivity index (χ4v) is 2.21. The third kappa shape index (κ3) is 4.84. The van der Waals surface area contributed by atoms with E-state index in [0.717, 1.165) is 6.54 Å². The van der Waals surface area contributed by atoms with Crippen LogP contribution in [0.25, 0.3) is 0 Å². The minimum absolute atomic E-state index is 0.292. The molecule has 0 saturated carbocycles. The van der Waals surface area contributed by atoms with E-state index in [1.165, 1.54) is 45.2 Å². The van der Waals surface area contributed by atoms with E-state index in [0.29, 0.717) is 11.6 Å². The summed E-state index contributed by atoms with van der Waals surface area (Å²) in [4.78, 5) is 2.66. The highest BCUT2D eigenvalue weighted by Crippen LogP contribution is 2.13. The molecule has 0 aromatic rings. The molecule has 1 rings (SSSR count). The molecule has 2 nitrogen and oxygen atoms in total. The topological polar surface area (TPSA) is 15.3 Å². The Kier molecular flexibility index (Phi) is 5.77. The number of nitrogens with one attached hydrogen (secondary N) is 1. The average molecular weight is 226 g/mol. The lowest BCUT2D eigenvalue weighted by atomic mass is 10.0. The highest BCUT2D eigenvalue weighted by atomic mass is 15.2. The lowest BCUT2D eigenvalue weighted by Crippen LogP contribution is -2.47. The quantitative estimate of drug-likeness (QED) is 0.775. The van der Waals surface area contributed by atoms with Crippen molar-refractivity contribution in [1.82, 2.24) is 10.2 Å². The first-order valence-electron chi connectivity index (χ1n) is 7.04. The smallest absolute Gasteiger partial charge is 0.0192 e. The summed E-state index contributed by atoms with van der Waals surface area (Å²) in [6, 6.07) is 0.684. The normalized spacial score (nSPS) is 21.8. The van der Waals surface area contributed by atoms with Gasteiger partial charge in [0.2, 0.25) is 0 Å². The molecule has 0 bridgehead atoms. The van der Waals surface area contributed by atoms with Gasteiger partial charge < -0.3 is 5.32 Å². The Hall–Kier alpha value is -0.0800. The van der Waals surface area contributed by atoms with Gasteiger partial charge in [0, 0.05) is 18.1 Å². The molecule has 0 aromatic carbocycles. The van der Waals surface area contributed by atoms with Crippen LogP contribution < -0.4 is 5.32 Å². The molecule has 96 valence electrons. The van der Waals surface area contributed by atoms with Gasteiger partial charge in [-0.1, -0.05) is 19.8 Å². The van der Waals surface area contributed by atoms with Crippen LogP contribution >= 0.6 is 0 Å². The molecule has 1 N–H and O–H groups in total. The second kappa shape index (κ2) is 6.61. The molecule has 0 aliphatic carbocycles. The molecule has 0 spiro atoms. The number of rotatable bonds is 5. The molecule has 1 saturated heterocycles. The molecular formula is C14H30N2. The fraction of sp³-hybridized carbons (Fsp3) is 1.00. The number of nitrogens with zero attached hydrogens (tertiary/aromatic N) is 1. The molecule has 1 aliphatic heterocycles. The van der Waals surface area contributed by atoms with Gasteiger partial charge in [-0.2, -0.15) is 0 Å². The Bertz CT molecular complexity index is 181. The van der Waals surface area contributed by atoms with Crippen LogP contribution in [0, 0.1) is 0 Å². The number of hydrogen-bond acceptors (Lipinski definition) is 2. The Morgan fingerprint density at radius 3 is 2.19 bits per heavy atom. The third-order valence-electron chi connectivity index (χ3n) is 4.02. The van der Waals surface area contributed by atoms with E-state index in [9.17, 15) is 0 Å². The lowest BCUT2D eigenvalue weighted by molar-refractivity contribution is 0.198. The number of hydrogen-bond donors (Lipinski definition) is 1. The first-order chi connectivity index (χ1) is 7.55. The molecule has 2 heteroatoms. The van der Waals surface area contributed by atoms with Gasteiger partial charge >= 0.3 is 0 Å². The Morgan fingerprint density at radius 2 is 1.69 bits per heavy atom. The van der Waals surface area contributed by atoms with E-state index in [-0.39, 0.29) is 0 Å². The van der Waals surface area contributed by atoms with E-state index in [1.807, 2.05) is 0 Å². The maximum atomic E-state index is 3.68. The summed E-state index contributed by atoms with van der Waals surface area (Å²) in [7, 11) is 0. The Balaban J connectivity index is 2.30. The van der Waals surface area contributed by atoms with Crippen LogP contribution in [0.1, 0.15) is 59.8 Å². The highest BCUT2D eigenvalue weighted by Gasteiger charge is 2.19. The molecule has 1 heterocycles. The fourth-order valence-electron chi connectivity index (χ4n) is 2.21. The summed E-state index contributed by atoms with van der Waals surface area (Å²) in [6.45, 7) is 12.9. The van der Waals surface area contributed by atoms with E-state index in [2.05, 4.69) is 37.9 Å². The van der Waals surface area contributed by atoms with Gasteiger partial charge in [0.1, 0.15) is 0 Å². The SMILES string of the molecule is CCC(C)(C)NCC(C)N1CCCCCC1. The van der Waals surface area contributed by atoms with Crippen molar-refractivity contribution < 1.29 is 0 Å². The van der Waals surface area contributed by atoms with Crippen LogP contribution in [0.2, 0.25) is 0 Å². The van der Waals surface area contributed by atoms with Gasteiger partial charge in [-0.15, -0.1) is 0 Å². The standard InChI is InChI=1S/C14H30N2/c1-5-14(3,4)15-12-13(2)16-10-8-6-7-9-11-16/h13,15H,5-12H2,1-4H3. The lowest BCUT2D eigenvalue weighted by Gasteiger charge is -2.32. The molecule has 1 fully saturated rings. The summed E-state index contributed by atoms with van der Waals surface area (Å²) in [5.74, 6) is 0. The van der Waals surface area contributed by atoms with Crippen LogP contribution in [-0.2, 0) is 0 Å². The van der Waals surface area contributed by atoms with E-state index in [1.54, 1.807) is 0 Å². The van der Waals surface area contributed by atoms with Gasteiger partial charge in [0.05, 0.1) is 0 Å². The zero-order valence-electron chi connectivity index (χ0n) is 11.7. The van der Waals surface area contributed by atoms with Crippen molar-refractivity contribution in [3.63, 3.8) is 0 Å². The molecule has 1 aliphatic rings. The van der Waals surface area contributed by atoms with Crippen LogP contribution in [0.3, 0.4) is 0 Å². The van der Waals surface area contributed by atoms with Crippen LogP contribution in [0.5, 0.6) is 0 Å². The predicted molar refractivity (Wildman–Crippen MR) is 71.9 cm³/mol. The molecule has 1 unspecified atom stereocenters. The van der Waals surface area contributed by atoms with E-state index >= 15 is 0 Å². The summed E-state index contributed by atoms with van der Waals surface area (Å²) in [5.41, 5.74) is 0.292. The maximum Gasteiger partial charge on any atom is 0.0192 e. The molecule has 0 aromatic heterocycles. The van der Waals surface area contributed by atoms with Crippen molar-refractivity contribution in [3.8, 4) is 0 Å². The summed E-state index contributed by atoms with van der Waals surface area (Å²) >= 11 is 0. The molecule has 0 radical (unpaired) electrons. The van der Waals surface area contributed by atoms with Crippen molar-refractivity contribution >= 4 is 0 Å². The monoisotopic (exact) mass is 226 g/mol. The van der Waals surface area contributed by atoms with Crippen molar-refractivity contribution in [3.05, 3.63) is 0 Å². The second-order valence-electron chi connectivity index (χ2n) is 5.92. The summed E-state index contributed by atoms with van der Waals surface area (Å²) in [6.07, 6.45) is 6.83. The van der Waals surface area contributed by atoms with Crippen LogP contribution in [0.15, 0.2) is 0 Å². The first-order valence-corrected chi connectivity index (χ1v) is 7.04. The van der Waals surface area contributed by atoms with Gasteiger partial charge in [0.25, 0.3) is 0 Å². The number of likely N-dealkylation sites (tertiary alicyclic amines) is 1. The zero-order valence-corrected chi connectivity index (χ0v) is 11.7. The Morgan fingerprint density at radius 1 is 1.12 bits per heavy atom. The van der Waals surface area contributed by atoms with Crippen LogP contribution in [0.4, 0.5) is 0 Å². The highest BCUT2D eigenvalue weighted by molar-refractivity contribution is 4.79. The second-order valence-corrected chi connectivity index (χ2v) is 5.92. The minimum Gasteiger partial charge on any atom is -0.310 e. The van der Waals surface area contributed by atoms with E-state index < -0.39 is 0 Å². The summed E-state index contributed by atoms with van der Waals surface area (Å²) < 4.78 is 0. The van der Waals surface area contributed by atoms with Crippen molar-refractivity contribution in [2.24, 2.45) is 0 Å². The third-order valence-corrected chi connectivity index (χ3v) is 4.02. The van der Waals surface area contributed by atoms with Crippen molar-refractivity contribution in [1.29, 1.82) is 0 Å². The molecule has 16 heavy (non-hydrogen) atoms. The van der Waals surface area contributed by atoms with Gasteiger partial charge in [0.15, 0.2) is 0 Å². The van der Waals surface area contributed by atoms with Crippen molar-refractivity contribution in [2.75, 3.05) is 19.6 Å². The van der Waals surface area contributed by atoms with Gasteiger partial charge in [-0.3, -0.25) is 4.90 Å². The summed E-state index contributed by atoms with van der Waals surface area (Å²) in [5, 5.41) is 3.68. The largest absolute Gasteiger partial charge is 0.310 e. The van der Waals surface area contributed by atoms with Crippen LogP contribution in [-0.4, -0.2) is 36.1 Å². The minimum atomic E-state index is 0.292. The zero-order chi connectivity index (χ0) is 12.0. The van der Waals surface area contributed by atoms with Crippen molar-refractivity contribution in [2.45, 2.75) is 71.4 Å². The molecule has 1 atom stereocenters. The van der Waals surface area contributed by atoms with Gasteiger partial charge in [-0.05, 0) is 53.1 Å².